The average Bonchev–Trinajstić information content (AvgIpc) is 2.06. The number of rotatable bonds is 0. The maximum atomic E-state index is 9.32. The SMILES string of the molecule is Oc1[c-]ccc2ccccc12.[No].[No]. The van der Waals surface area contributed by atoms with E-state index in [9.17, 15) is 5.11 Å². The molecule has 0 aliphatic carbocycles. The molecule has 0 fully saturated rings. The Bertz CT molecular complexity index is 382. The Labute approximate surface area is 64.9 Å². The molecule has 0 aliphatic rings. The van der Waals surface area contributed by atoms with Crippen LogP contribution < -0.4 is 0 Å². The van der Waals surface area contributed by atoms with Gasteiger partial charge < -0.3 is 5.11 Å². The van der Waals surface area contributed by atoms with Crippen molar-refractivity contribution in [1.29, 1.82) is 0 Å². The summed E-state index contributed by atoms with van der Waals surface area (Å²) >= 11 is 0. The van der Waals surface area contributed by atoms with E-state index in [0.29, 0.717) is 0 Å². The largest absolute Gasteiger partial charge is 0.533 e. The number of phenols is 1. The van der Waals surface area contributed by atoms with Crippen molar-refractivity contribution in [2.24, 2.45) is 0 Å². The molecule has 0 spiro atoms. The van der Waals surface area contributed by atoms with Gasteiger partial charge >= 0.3 is 0 Å². The molecule has 1 nitrogen and oxygen atoms in total. The van der Waals surface area contributed by atoms with E-state index in [2.05, 4.69) is 6.07 Å². The first-order chi connectivity index (χ1) is 5.38. The van der Waals surface area contributed by atoms with Crippen molar-refractivity contribution < 1.29 is 5.11 Å². The molecule has 0 saturated carbocycles. The Morgan fingerprint density at radius 1 is 1.00 bits per heavy atom. The fourth-order valence-corrected chi connectivity index (χ4v) is 1.15. The summed E-state index contributed by atoms with van der Waals surface area (Å²) in [7, 11) is 0. The molecule has 0 aliphatic heterocycles. The zero-order valence-corrected chi connectivity index (χ0v) is 10.9. The second kappa shape index (κ2) is 3.06. The minimum atomic E-state index is 0. The summed E-state index contributed by atoms with van der Waals surface area (Å²) in [5, 5.41) is 11.2. The number of fused-ring (bicyclic) bond motifs is 1. The van der Waals surface area contributed by atoms with Crippen LogP contribution in [0.5, 0.6) is 5.75 Å². The van der Waals surface area contributed by atoms with Gasteiger partial charge in [-0.2, -0.15) is 12.1 Å². The summed E-state index contributed by atoms with van der Waals surface area (Å²) in [5.41, 5.74) is 0. The number of hydrogen-bond acceptors (Lipinski definition) is 1. The van der Waals surface area contributed by atoms with Gasteiger partial charge in [-0.05, 0) is 0 Å². The first-order valence-corrected chi connectivity index (χ1v) is 3.46. The van der Waals surface area contributed by atoms with Gasteiger partial charge in [-0.25, -0.2) is 0 Å². The van der Waals surface area contributed by atoms with Gasteiger partial charge in [0.15, 0.2) is 0 Å². The van der Waals surface area contributed by atoms with Crippen molar-refractivity contribution in [1.82, 2.24) is 0 Å². The third-order valence-corrected chi connectivity index (χ3v) is 1.70. The van der Waals surface area contributed by atoms with E-state index < -0.39 is 0 Å². The average molecular weight is 661 g/mol. The quantitative estimate of drug-likeness (QED) is 0.431. The van der Waals surface area contributed by atoms with Gasteiger partial charge in [-0.1, -0.05) is 23.6 Å². The third-order valence-electron chi connectivity index (χ3n) is 1.70. The molecule has 0 saturated heterocycles. The van der Waals surface area contributed by atoms with Gasteiger partial charge in [0.1, 0.15) is 0 Å². The van der Waals surface area contributed by atoms with Gasteiger partial charge in [-0.3, -0.25) is 0 Å². The molecular weight excluding hydrogens is 654 g/mol. The second-order valence-corrected chi connectivity index (χ2v) is 2.41. The van der Waals surface area contributed by atoms with E-state index in [-0.39, 0.29) is 5.75 Å². The van der Waals surface area contributed by atoms with Crippen LogP contribution in [0.2, 0.25) is 0 Å². The summed E-state index contributed by atoms with van der Waals surface area (Å²) in [6.07, 6.45) is 0. The Morgan fingerprint density at radius 3 is 2.38 bits per heavy atom. The van der Waals surface area contributed by atoms with Gasteiger partial charge in [-0.15, -0.1) is 17.5 Å². The van der Waals surface area contributed by atoms with Crippen molar-refractivity contribution in [3.8, 4) is 5.75 Å². The molecule has 13 heavy (non-hydrogen) atoms. The molecule has 0 atom stereocenters. The van der Waals surface area contributed by atoms with Crippen LogP contribution in [-0.4, -0.2) is 5.11 Å². The number of benzene rings is 2. The van der Waals surface area contributed by atoms with Crippen LogP contribution in [0.25, 0.3) is 10.8 Å². The van der Waals surface area contributed by atoms with Crippen molar-refractivity contribution >= 4 is 10.8 Å². The van der Waals surface area contributed by atoms with Crippen LogP contribution in [0.15, 0.2) is 36.4 Å². The molecule has 0 aromatic heterocycles. The number of hydrogen-bond donors (Lipinski definition) is 1. The molecule has 2 aromatic carbocycles. The topological polar surface area (TPSA) is 20.2 Å². The molecule has 3 heteroatoms. The van der Waals surface area contributed by atoms with Crippen LogP contribution >= 0.6 is 0 Å². The molecule has 0 amide bonds. The van der Waals surface area contributed by atoms with Crippen LogP contribution in [0.4, 0.5) is 0 Å². The zero-order valence-electron chi connectivity index (χ0n) is 6.45. The van der Waals surface area contributed by atoms with Crippen molar-refractivity contribution in [3.63, 3.8) is 0 Å². The summed E-state index contributed by atoms with van der Waals surface area (Å²) < 4.78 is 0. The fourth-order valence-electron chi connectivity index (χ4n) is 1.15. The van der Waals surface area contributed by atoms with E-state index >= 15 is 0 Å². The second-order valence-electron chi connectivity index (χ2n) is 2.41. The van der Waals surface area contributed by atoms with Gasteiger partial charge in [0, 0.05) is 5.75 Å². The minimum absolute atomic E-state index is 0. The molecule has 2 rings (SSSR count). The Morgan fingerprint density at radius 2 is 1.69 bits per heavy atom. The molecule has 0 radical (unpaired) electrons. The predicted molar refractivity (Wildman–Crippen MR) is 44.4 cm³/mol. The zero-order chi connectivity index (χ0) is 7.68. The molecule has 0 bridgehead atoms. The Hall–Kier alpha value is -3.50. The molecule has 1 N–H and O–H groups in total. The van der Waals surface area contributed by atoms with E-state index in [4.69, 9.17) is 0 Å². The molecule has 2 aromatic rings. The molecule has 0 unspecified atom stereocenters. The maximum Gasteiger partial charge on any atom is 0.0115 e. The van der Waals surface area contributed by atoms with Crippen molar-refractivity contribution in [2.45, 2.75) is 0 Å². The molecule has 0 heterocycles. The Balaban J connectivity index is 0.000000720. The summed E-state index contributed by atoms with van der Waals surface area (Å²) in [6, 6.07) is 14.1. The van der Waals surface area contributed by atoms with Crippen LogP contribution in [0.1, 0.15) is 0 Å². The van der Waals surface area contributed by atoms with Crippen molar-refractivity contribution in [3.05, 3.63) is 42.5 Å². The van der Waals surface area contributed by atoms with E-state index in [1.807, 2.05) is 30.3 Å². The smallest absolute Gasteiger partial charge is 0.0115 e. The predicted octanol–water partition coefficient (Wildman–Crippen LogP) is 2.35. The van der Waals surface area contributed by atoms with Crippen molar-refractivity contribution in [2.75, 3.05) is 0 Å². The number of aromatic hydroxyl groups is 1. The third kappa shape index (κ3) is 1.17. The first-order valence-electron chi connectivity index (χ1n) is 3.46. The molecular formula is C10H7No2O-. The number of phenolic OH excluding ortho intramolecular Hbond substituents is 1. The Kier molecular flexibility index (Phi) is 2.24. The van der Waals surface area contributed by atoms with E-state index in [0.717, 1.165) is 10.8 Å². The molecule has 82 valence electrons. The minimum Gasteiger partial charge on any atom is -0.533 e. The summed E-state index contributed by atoms with van der Waals surface area (Å²) in [6.45, 7) is 0. The van der Waals surface area contributed by atoms with Crippen LogP contribution in [0.3, 0.4) is 0 Å². The van der Waals surface area contributed by atoms with Crippen LogP contribution in [-0.2, 0) is 0 Å². The monoisotopic (exact) mass is 661 g/mol. The fraction of sp³-hybridized carbons (Fsp3) is 0. The first kappa shape index (κ1) is 9.50. The summed E-state index contributed by atoms with van der Waals surface area (Å²) in [4.78, 5) is 0. The normalized spacial score (nSPS) is 8.62. The van der Waals surface area contributed by atoms with E-state index in [1.54, 1.807) is 6.07 Å². The van der Waals surface area contributed by atoms with E-state index in [1.165, 1.54) is 0 Å². The van der Waals surface area contributed by atoms with Gasteiger partial charge in [0.2, 0.25) is 0 Å². The van der Waals surface area contributed by atoms with Gasteiger partial charge in [0.25, 0.3) is 0 Å². The van der Waals surface area contributed by atoms with Gasteiger partial charge in [0.05, 0.1) is 0 Å². The van der Waals surface area contributed by atoms with Crippen LogP contribution in [0, 0.1) is 6.07 Å². The standard InChI is InChI=1S/C10H7O.2No/c11-10-7-3-5-8-4-1-2-6-9(8)10;;/h1-6,11H;;/q-1;;. The summed E-state index contributed by atoms with van der Waals surface area (Å²) in [5.74, 6) is 0.225. The maximum absolute atomic E-state index is 9.32.